The fraction of sp³-hybridized carbons (Fsp3) is 0.500. The maximum atomic E-state index is 12.6. The number of ether oxygens (including phenoxy) is 1. The van der Waals surface area contributed by atoms with Crippen molar-refractivity contribution in [1.82, 2.24) is 9.88 Å². The fourth-order valence-corrected chi connectivity index (χ4v) is 4.00. The molecule has 0 aromatic carbocycles. The first-order chi connectivity index (χ1) is 11.0. The van der Waals surface area contributed by atoms with Crippen LogP contribution >= 0.6 is 22.7 Å². The Morgan fingerprint density at radius 3 is 2.74 bits per heavy atom. The van der Waals surface area contributed by atoms with Gasteiger partial charge in [0.1, 0.15) is 4.88 Å². The summed E-state index contributed by atoms with van der Waals surface area (Å²) in [5.41, 5.74) is 0. The van der Waals surface area contributed by atoms with Crippen molar-refractivity contribution >= 4 is 27.8 Å². The number of hydrogen-bond donors (Lipinski definition) is 1. The summed E-state index contributed by atoms with van der Waals surface area (Å²) in [5.74, 6) is 0. The van der Waals surface area contributed by atoms with E-state index in [9.17, 15) is 13.2 Å². The quantitative estimate of drug-likeness (QED) is 0.879. The van der Waals surface area contributed by atoms with Gasteiger partial charge in [-0.15, -0.1) is 11.3 Å². The lowest BCUT2D eigenvalue weighted by Gasteiger charge is -2.34. The summed E-state index contributed by atoms with van der Waals surface area (Å²) in [6.07, 6.45) is -3.46. The summed E-state index contributed by atoms with van der Waals surface area (Å²) in [6, 6.07) is 4.14. The van der Waals surface area contributed by atoms with Crippen molar-refractivity contribution in [2.75, 3.05) is 38.2 Å². The average Bonchev–Trinajstić information content (AvgIpc) is 3.19. The number of nitrogens with one attached hydrogen (secondary N) is 1. The van der Waals surface area contributed by atoms with Gasteiger partial charge in [0.15, 0.2) is 5.13 Å². The van der Waals surface area contributed by atoms with Crippen LogP contribution in [-0.4, -0.2) is 42.7 Å². The van der Waals surface area contributed by atoms with E-state index in [1.165, 1.54) is 4.88 Å². The Hall–Kier alpha value is -1.16. The third-order valence-electron chi connectivity index (χ3n) is 3.59. The molecular weight excluding hydrogens is 347 g/mol. The van der Waals surface area contributed by atoms with E-state index in [4.69, 9.17) is 4.74 Å². The third-order valence-corrected chi connectivity index (χ3v) is 5.56. The molecule has 0 amide bonds. The SMILES string of the molecule is FC(F)(F)c1cnc(NCC(c2cccs2)N2CCOCC2)s1. The zero-order chi connectivity index (χ0) is 16.3. The Morgan fingerprint density at radius 2 is 2.13 bits per heavy atom. The second-order valence-electron chi connectivity index (χ2n) is 5.09. The largest absolute Gasteiger partial charge is 0.427 e. The number of hydrogen-bond acceptors (Lipinski definition) is 6. The number of aromatic nitrogens is 1. The highest BCUT2D eigenvalue weighted by Crippen LogP contribution is 2.35. The molecule has 3 rings (SSSR count). The van der Waals surface area contributed by atoms with Crippen LogP contribution in [0.5, 0.6) is 0 Å². The molecule has 0 radical (unpaired) electrons. The second-order valence-corrected chi connectivity index (χ2v) is 7.10. The molecule has 1 N–H and O–H groups in total. The number of nitrogens with zero attached hydrogens (tertiary/aromatic N) is 2. The number of anilines is 1. The Balaban J connectivity index is 1.68. The summed E-state index contributed by atoms with van der Waals surface area (Å²) in [7, 11) is 0. The van der Waals surface area contributed by atoms with Gasteiger partial charge in [-0.1, -0.05) is 17.4 Å². The van der Waals surface area contributed by atoms with Gasteiger partial charge in [0.05, 0.1) is 25.5 Å². The summed E-state index contributed by atoms with van der Waals surface area (Å²) in [6.45, 7) is 3.51. The molecule has 1 aliphatic rings. The number of morpholine rings is 1. The van der Waals surface area contributed by atoms with E-state index in [0.717, 1.165) is 19.3 Å². The lowest BCUT2D eigenvalue weighted by molar-refractivity contribution is -0.134. The number of thiophene rings is 1. The molecule has 23 heavy (non-hydrogen) atoms. The van der Waals surface area contributed by atoms with E-state index < -0.39 is 11.1 Å². The number of alkyl halides is 3. The zero-order valence-electron chi connectivity index (χ0n) is 12.2. The molecule has 1 aliphatic heterocycles. The highest BCUT2D eigenvalue weighted by Gasteiger charge is 2.33. The summed E-state index contributed by atoms with van der Waals surface area (Å²) in [4.78, 5) is 6.63. The van der Waals surface area contributed by atoms with Crippen LogP contribution < -0.4 is 5.32 Å². The number of halogens is 3. The summed E-state index contributed by atoms with van der Waals surface area (Å²) in [5, 5.41) is 5.36. The van der Waals surface area contributed by atoms with E-state index >= 15 is 0 Å². The highest BCUT2D eigenvalue weighted by atomic mass is 32.1. The smallest absolute Gasteiger partial charge is 0.379 e. The molecule has 3 heterocycles. The third kappa shape index (κ3) is 4.23. The van der Waals surface area contributed by atoms with E-state index in [1.807, 2.05) is 11.4 Å². The van der Waals surface area contributed by atoms with Crippen LogP contribution in [0, 0.1) is 0 Å². The summed E-state index contributed by atoms with van der Waals surface area (Å²) < 4.78 is 43.3. The van der Waals surface area contributed by atoms with Crippen molar-refractivity contribution in [2.45, 2.75) is 12.2 Å². The molecule has 1 fully saturated rings. The van der Waals surface area contributed by atoms with Crippen LogP contribution in [0.4, 0.5) is 18.3 Å². The van der Waals surface area contributed by atoms with Crippen LogP contribution in [-0.2, 0) is 10.9 Å². The average molecular weight is 363 g/mol. The van der Waals surface area contributed by atoms with Crippen molar-refractivity contribution < 1.29 is 17.9 Å². The maximum Gasteiger partial charge on any atom is 0.427 e. The van der Waals surface area contributed by atoms with Crippen molar-refractivity contribution in [1.29, 1.82) is 0 Å². The van der Waals surface area contributed by atoms with Gasteiger partial charge in [-0.05, 0) is 11.4 Å². The molecule has 0 bridgehead atoms. The van der Waals surface area contributed by atoms with Gasteiger partial charge in [-0.3, -0.25) is 4.90 Å². The fourth-order valence-electron chi connectivity index (χ4n) is 2.45. The van der Waals surface area contributed by atoms with E-state index in [0.29, 0.717) is 36.2 Å². The van der Waals surface area contributed by atoms with E-state index in [2.05, 4.69) is 21.3 Å². The topological polar surface area (TPSA) is 37.4 Å². The predicted octanol–water partition coefficient (Wildman–Crippen LogP) is 3.71. The molecule has 1 saturated heterocycles. The van der Waals surface area contributed by atoms with Crippen molar-refractivity contribution in [3.05, 3.63) is 33.5 Å². The second kappa shape index (κ2) is 7.16. The molecule has 9 heteroatoms. The minimum atomic E-state index is -4.34. The first-order valence-corrected chi connectivity index (χ1v) is 8.86. The first-order valence-electron chi connectivity index (χ1n) is 7.16. The molecule has 126 valence electrons. The molecule has 2 aromatic heterocycles. The minimum absolute atomic E-state index is 0.108. The van der Waals surface area contributed by atoms with E-state index in [-0.39, 0.29) is 6.04 Å². The molecular formula is C14H16F3N3OS2. The van der Waals surface area contributed by atoms with Gasteiger partial charge in [0, 0.05) is 24.5 Å². The molecule has 4 nitrogen and oxygen atoms in total. The Labute approximate surface area is 139 Å². The van der Waals surface area contributed by atoms with E-state index in [1.54, 1.807) is 11.3 Å². The van der Waals surface area contributed by atoms with Crippen molar-refractivity contribution in [3.63, 3.8) is 0 Å². The van der Waals surface area contributed by atoms with Gasteiger partial charge < -0.3 is 10.1 Å². The minimum Gasteiger partial charge on any atom is -0.379 e. The van der Waals surface area contributed by atoms with Crippen LogP contribution in [0.2, 0.25) is 0 Å². The normalized spacial score (nSPS) is 18.0. The molecule has 0 saturated carbocycles. The van der Waals surface area contributed by atoms with Crippen LogP contribution in [0.3, 0.4) is 0 Å². The van der Waals surface area contributed by atoms with Crippen molar-refractivity contribution in [3.8, 4) is 0 Å². The van der Waals surface area contributed by atoms with Gasteiger partial charge >= 0.3 is 6.18 Å². The predicted molar refractivity (Wildman–Crippen MR) is 85.1 cm³/mol. The van der Waals surface area contributed by atoms with Gasteiger partial charge in [0.2, 0.25) is 0 Å². The van der Waals surface area contributed by atoms with Gasteiger partial charge in [-0.2, -0.15) is 13.2 Å². The number of thiazole rings is 1. The standard InChI is InChI=1S/C14H16F3N3OS2/c15-14(16,17)12-9-19-13(23-12)18-8-10(11-2-1-7-22-11)20-3-5-21-6-4-20/h1-2,7,9-10H,3-6,8H2,(H,18,19). The van der Waals surface area contributed by atoms with Gasteiger partial charge in [0.25, 0.3) is 0 Å². The maximum absolute atomic E-state index is 12.6. The van der Waals surface area contributed by atoms with Crippen LogP contribution in [0.25, 0.3) is 0 Å². The molecule has 2 aromatic rings. The molecule has 0 aliphatic carbocycles. The lowest BCUT2D eigenvalue weighted by Crippen LogP contribution is -2.41. The summed E-state index contributed by atoms with van der Waals surface area (Å²) >= 11 is 2.29. The Kier molecular flexibility index (Phi) is 5.20. The van der Waals surface area contributed by atoms with Crippen LogP contribution in [0.15, 0.2) is 23.7 Å². The highest BCUT2D eigenvalue weighted by molar-refractivity contribution is 7.15. The lowest BCUT2D eigenvalue weighted by atomic mass is 10.2. The number of rotatable bonds is 5. The van der Waals surface area contributed by atoms with Crippen molar-refractivity contribution in [2.24, 2.45) is 0 Å². The molecule has 0 spiro atoms. The first kappa shape index (κ1) is 16.7. The van der Waals surface area contributed by atoms with Crippen LogP contribution in [0.1, 0.15) is 15.8 Å². The Morgan fingerprint density at radius 1 is 1.35 bits per heavy atom. The Bertz CT molecular complexity index is 609. The zero-order valence-corrected chi connectivity index (χ0v) is 13.8. The van der Waals surface area contributed by atoms with Gasteiger partial charge in [-0.25, -0.2) is 4.98 Å². The monoisotopic (exact) mass is 363 g/mol. The molecule has 1 atom stereocenters. The molecule has 1 unspecified atom stereocenters.